The van der Waals surface area contributed by atoms with Gasteiger partial charge in [0, 0.05) is 26.2 Å². The van der Waals surface area contributed by atoms with E-state index in [2.05, 4.69) is 29.7 Å². The van der Waals surface area contributed by atoms with Crippen LogP contribution in [-0.4, -0.2) is 42.5 Å². The van der Waals surface area contributed by atoms with E-state index in [0.717, 1.165) is 57.0 Å². The summed E-state index contributed by atoms with van der Waals surface area (Å²) in [5.74, 6) is 0.457. The molecule has 28 heavy (non-hydrogen) atoms. The SMILES string of the molecule is CCN(CC)CCN1Cc2ccccc2C(Oc2ccc(C(F)(F)F)cc2)C1. The molecule has 0 amide bonds. The molecular formula is C22H27F3N2O. The Kier molecular flexibility index (Phi) is 6.62. The molecule has 0 N–H and O–H groups in total. The molecule has 0 aromatic heterocycles. The molecule has 3 rings (SSSR count). The van der Waals surface area contributed by atoms with Crippen LogP contribution < -0.4 is 4.74 Å². The van der Waals surface area contributed by atoms with Crippen LogP contribution in [0.2, 0.25) is 0 Å². The van der Waals surface area contributed by atoms with Crippen molar-refractivity contribution in [2.75, 3.05) is 32.7 Å². The molecule has 2 aromatic rings. The lowest BCUT2D eigenvalue weighted by Crippen LogP contribution is -2.40. The lowest BCUT2D eigenvalue weighted by molar-refractivity contribution is -0.137. The summed E-state index contributed by atoms with van der Waals surface area (Å²) in [6, 6.07) is 13.1. The Morgan fingerprint density at radius 3 is 2.36 bits per heavy atom. The topological polar surface area (TPSA) is 15.7 Å². The van der Waals surface area contributed by atoms with Gasteiger partial charge >= 0.3 is 6.18 Å². The predicted molar refractivity (Wildman–Crippen MR) is 104 cm³/mol. The first-order chi connectivity index (χ1) is 13.4. The Hall–Kier alpha value is -2.05. The normalized spacial score (nSPS) is 17.6. The number of alkyl halides is 3. The zero-order chi connectivity index (χ0) is 20.1. The number of ether oxygens (including phenoxy) is 1. The molecule has 0 fully saturated rings. The van der Waals surface area contributed by atoms with Crippen molar-refractivity contribution in [1.82, 2.24) is 9.80 Å². The van der Waals surface area contributed by atoms with E-state index in [0.29, 0.717) is 5.75 Å². The third-order valence-electron chi connectivity index (χ3n) is 5.31. The van der Waals surface area contributed by atoms with E-state index >= 15 is 0 Å². The van der Waals surface area contributed by atoms with Crippen LogP contribution in [0.15, 0.2) is 48.5 Å². The molecule has 1 aliphatic rings. The van der Waals surface area contributed by atoms with Crippen molar-refractivity contribution in [2.24, 2.45) is 0 Å². The number of fused-ring (bicyclic) bond motifs is 1. The molecular weight excluding hydrogens is 365 g/mol. The van der Waals surface area contributed by atoms with Crippen LogP contribution in [-0.2, 0) is 12.7 Å². The zero-order valence-electron chi connectivity index (χ0n) is 16.4. The van der Waals surface area contributed by atoms with Gasteiger partial charge in [-0.1, -0.05) is 38.1 Å². The van der Waals surface area contributed by atoms with Crippen LogP contribution in [0.5, 0.6) is 5.75 Å². The number of nitrogens with zero attached hydrogens (tertiary/aromatic N) is 2. The summed E-state index contributed by atoms with van der Waals surface area (Å²) >= 11 is 0. The Balaban J connectivity index is 1.73. The Morgan fingerprint density at radius 1 is 1.04 bits per heavy atom. The molecule has 3 nitrogen and oxygen atoms in total. The molecule has 2 aromatic carbocycles. The second-order valence-corrected chi connectivity index (χ2v) is 7.09. The number of halogens is 3. The highest BCUT2D eigenvalue weighted by Gasteiger charge is 2.31. The second-order valence-electron chi connectivity index (χ2n) is 7.09. The summed E-state index contributed by atoms with van der Waals surface area (Å²) in [4.78, 5) is 4.74. The lowest BCUT2D eigenvalue weighted by atomic mass is 9.97. The Morgan fingerprint density at radius 2 is 1.71 bits per heavy atom. The maximum Gasteiger partial charge on any atom is 0.416 e. The number of hydrogen-bond acceptors (Lipinski definition) is 3. The minimum Gasteiger partial charge on any atom is -0.484 e. The van der Waals surface area contributed by atoms with Crippen LogP contribution in [0.3, 0.4) is 0 Å². The highest BCUT2D eigenvalue weighted by molar-refractivity contribution is 5.34. The van der Waals surface area contributed by atoms with Gasteiger partial charge in [-0.15, -0.1) is 0 Å². The lowest BCUT2D eigenvalue weighted by Gasteiger charge is -2.35. The fraction of sp³-hybridized carbons (Fsp3) is 0.455. The first-order valence-electron chi connectivity index (χ1n) is 9.77. The quantitative estimate of drug-likeness (QED) is 0.661. The summed E-state index contributed by atoms with van der Waals surface area (Å²) < 4.78 is 44.5. The van der Waals surface area contributed by atoms with E-state index in [9.17, 15) is 13.2 Å². The zero-order valence-corrected chi connectivity index (χ0v) is 16.4. The predicted octanol–water partition coefficient (Wildman–Crippen LogP) is 4.98. The van der Waals surface area contributed by atoms with Crippen molar-refractivity contribution in [3.05, 3.63) is 65.2 Å². The molecule has 0 aliphatic carbocycles. The minimum atomic E-state index is -4.34. The number of hydrogen-bond donors (Lipinski definition) is 0. The molecule has 1 heterocycles. The van der Waals surface area contributed by atoms with Crippen LogP contribution in [0, 0.1) is 0 Å². The van der Waals surface area contributed by atoms with Gasteiger partial charge in [-0.3, -0.25) is 4.90 Å². The van der Waals surface area contributed by atoms with E-state index in [1.165, 1.54) is 17.7 Å². The number of benzene rings is 2. The monoisotopic (exact) mass is 392 g/mol. The van der Waals surface area contributed by atoms with Crippen LogP contribution in [0.4, 0.5) is 13.2 Å². The molecule has 1 unspecified atom stereocenters. The van der Waals surface area contributed by atoms with Crippen molar-refractivity contribution in [3.8, 4) is 5.75 Å². The number of likely N-dealkylation sites (N-methyl/N-ethyl adjacent to an activating group) is 1. The van der Waals surface area contributed by atoms with E-state index in [1.807, 2.05) is 18.2 Å². The Bertz CT molecular complexity index is 757. The molecule has 0 bridgehead atoms. The van der Waals surface area contributed by atoms with Crippen LogP contribution in [0.1, 0.15) is 36.6 Å². The van der Waals surface area contributed by atoms with Crippen LogP contribution >= 0.6 is 0 Å². The van der Waals surface area contributed by atoms with Gasteiger partial charge in [-0.2, -0.15) is 13.2 Å². The van der Waals surface area contributed by atoms with E-state index in [-0.39, 0.29) is 6.10 Å². The average molecular weight is 392 g/mol. The summed E-state index contributed by atoms with van der Waals surface area (Å²) in [6.45, 7) is 9.87. The molecule has 152 valence electrons. The summed E-state index contributed by atoms with van der Waals surface area (Å²) in [6.07, 6.45) is -4.53. The van der Waals surface area contributed by atoms with E-state index in [4.69, 9.17) is 4.74 Å². The van der Waals surface area contributed by atoms with Crippen molar-refractivity contribution in [1.29, 1.82) is 0 Å². The highest BCUT2D eigenvalue weighted by atomic mass is 19.4. The largest absolute Gasteiger partial charge is 0.484 e. The molecule has 0 radical (unpaired) electrons. The summed E-state index contributed by atoms with van der Waals surface area (Å²) in [5, 5.41) is 0. The molecule has 0 spiro atoms. The first kappa shape index (κ1) is 20.7. The second kappa shape index (κ2) is 8.97. The van der Waals surface area contributed by atoms with Gasteiger partial charge in [0.1, 0.15) is 11.9 Å². The maximum absolute atomic E-state index is 12.8. The van der Waals surface area contributed by atoms with Crippen molar-refractivity contribution < 1.29 is 17.9 Å². The first-order valence-corrected chi connectivity index (χ1v) is 9.77. The third kappa shape index (κ3) is 5.06. The third-order valence-corrected chi connectivity index (χ3v) is 5.31. The van der Waals surface area contributed by atoms with Crippen molar-refractivity contribution in [3.63, 3.8) is 0 Å². The standard InChI is InChI=1S/C22H27F3N2O/c1-3-26(4-2)13-14-27-15-17-7-5-6-8-20(17)21(16-27)28-19-11-9-18(10-12-19)22(23,24)25/h5-12,21H,3-4,13-16H2,1-2H3. The average Bonchev–Trinajstić information content (AvgIpc) is 2.68. The molecule has 0 saturated heterocycles. The van der Waals surface area contributed by atoms with E-state index in [1.54, 1.807) is 0 Å². The van der Waals surface area contributed by atoms with Gasteiger partial charge in [-0.05, 0) is 48.5 Å². The summed E-state index contributed by atoms with van der Waals surface area (Å²) in [7, 11) is 0. The van der Waals surface area contributed by atoms with Gasteiger partial charge in [-0.25, -0.2) is 0 Å². The maximum atomic E-state index is 12.8. The summed E-state index contributed by atoms with van der Waals surface area (Å²) in [5.41, 5.74) is 1.66. The molecule has 1 atom stereocenters. The fourth-order valence-electron chi connectivity index (χ4n) is 3.61. The van der Waals surface area contributed by atoms with Gasteiger partial charge in [0.25, 0.3) is 0 Å². The Labute approximate surface area is 164 Å². The van der Waals surface area contributed by atoms with Crippen molar-refractivity contribution in [2.45, 2.75) is 32.7 Å². The fourth-order valence-corrected chi connectivity index (χ4v) is 3.61. The van der Waals surface area contributed by atoms with Gasteiger partial charge in [0.2, 0.25) is 0 Å². The highest BCUT2D eigenvalue weighted by Crippen LogP contribution is 2.33. The molecule has 1 aliphatic heterocycles. The number of rotatable bonds is 7. The molecule has 0 saturated carbocycles. The van der Waals surface area contributed by atoms with E-state index < -0.39 is 11.7 Å². The van der Waals surface area contributed by atoms with Gasteiger partial charge in [0.05, 0.1) is 5.56 Å². The minimum absolute atomic E-state index is 0.196. The van der Waals surface area contributed by atoms with Gasteiger partial charge in [0.15, 0.2) is 0 Å². The molecule has 6 heteroatoms. The van der Waals surface area contributed by atoms with Crippen molar-refractivity contribution >= 4 is 0 Å². The smallest absolute Gasteiger partial charge is 0.416 e. The van der Waals surface area contributed by atoms with Crippen LogP contribution in [0.25, 0.3) is 0 Å². The van der Waals surface area contributed by atoms with Gasteiger partial charge < -0.3 is 9.64 Å².